The summed E-state index contributed by atoms with van der Waals surface area (Å²) in [7, 11) is 0. The third kappa shape index (κ3) is 2.85. The smallest absolute Gasteiger partial charge is 0.226 e. The fraction of sp³-hybridized carbons (Fsp3) is 0.389. The van der Waals surface area contributed by atoms with Crippen LogP contribution in [0.15, 0.2) is 24.5 Å². The number of anilines is 1. The van der Waals surface area contributed by atoms with Crippen LogP contribution in [-0.2, 0) is 6.42 Å². The second-order valence-electron chi connectivity index (χ2n) is 6.99. The van der Waals surface area contributed by atoms with Gasteiger partial charge in [0.2, 0.25) is 5.28 Å². The van der Waals surface area contributed by atoms with E-state index in [4.69, 9.17) is 11.6 Å². The highest BCUT2D eigenvalue weighted by molar-refractivity contribution is 7.99. The zero-order valence-corrected chi connectivity index (χ0v) is 16.2. The highest BCUT2D eigenvalue weighted by Crippen LogP contribution is 2.40. The molecule has 1 aromatic carbocycles. The van der Waals surface area contributed by atoms with Crippen LogP contribution in [-0.4, -0.2) is 47.7 Å². The van der Waals surface area contributed by atoms with E-state index in [1.165, 1.54) is 17.8 Å². The van der Waals surface area contributed by atoms with Crippen molar-refractivity contribution >= 4 is 40.3 Å². The highest BCUT2D eigenvalue weighted by Gasteiger charge is 2.37. The number of fused-ring (bicyclic) bond motifs is 2. The molecule has 1 aliphatic carbocycles. The molecule has 1 saturated heterocycles. The zero-order chi connectivity index (χ0) is 19.4. The van der Waals surface area contributed by atoms with Gasteiger partial charge in [0.15, 0.2) is 17.0 Å². The quantitative estimate of drug-likeness (QED) is 0.559. The minimum absolute atomic E-state index is 0.0484. The number of hydrogen-bond acceptors (Lipinski definition) is 7. The molecule has 3 aromatic rings. The Balaban J connectivity index is 1.53. The van der Waals surface area contributed by atoms with Crippen molar-refractivity contribution < 1.29 is 14.6 Å². The molecule has 2 aliphatic rings. The summed E-state index contributed by atoms with van der Waals surface area (Å²) in [5.74, 6) is 0.705. The van der Waals surface area contributed by atoms with Crippen molar-refractivity contribution in [2.45, 2.75) is 36.5 Å². The van der Waals surface area contributed by atoms with Crippen LogP contribution in [0.2, 0.25) is 5.28 Å². The molecule has 10 heteroatoms. The van der Waals surface area contributed by atoms with E-state index in [-0.39, 0.29) is 17.1 Å². The van der Waals surface area contributed by atoms with Gasteiger partial charge >= 0.3 is 0 Å². The summed E-state index contributed by atoms with van der Waals surface area (Å²) in [4.78, 5) is 13.0. The predicted molar refractivity (Wildman–Crippen MR) is 105 cm³/mol. The number of aliphatic hydroxyl groups is 2. The number of hydrogen-bond donors (Lipinski definition) is 3. The first-order valence-electron chi connectivity index (χ1n) is 8.94. The van der Waals surface area contributed by atoms with Gasteiger partial charge in [0.25, 0.3) is 0 Å². The molecule has 1 fully saturated rings. The normalized spacial score (nSPS) is 26.7. The summed E-state index contributed by atoms with van der Waals surface area (Å²) < 4.78 is 15.7. The summed E-state index contributed by atoms with van der Waals surface area (Å²) in [5, 5.41) is 23.1. The van der Waals surface area contributed by atoms with E-state index in [0.29, 0.717) is 29.2 Å². The van der Waals surface area contributed by atoms with Crippen LogP contribution in [0.1, 0.15) is 29.0 Å². The molecule has 3 heterocycles. The van der Waals surface area contributed by atoms with E-state index in [1.54, 1.807) is 17.0 Å². The molecular weight excluding hydrogens is 405 g/mol. The molecule has 5 rings (SSSR count). The Bertz CT molecular complexity index is 1060. The Kier molecular flexibility index (Phi) is 4.42. The van der Waals surface area contributed by atoms with Crippen molar-refractivity contribution in [3.05, 3.63) is 46.8 Å². The van der Waals surface area contributed by atoms with E-state index in [0.717, 1.165) is 17.5 Å². The molecule has 146 valence electrons. The van der Waals surface area contributed by atoms with Crippen molar-refractivity contribution in [2.75, 3.05) is 11.1 Å². The monoisotopic (exact) mass is 421 g/mol. The van der Waals surface area contributed by atoms with Gasteiger partial charge in [0.1, 0.15) is 17.3 Å². The van der Waals surface area contributed by atoms with Crippen molar-refractivity contribution in [3.63, 3.8) is 0 Å². The molecule has 4 atom stereocenters. The van der Waals surface area contributed by atoms with E-state index >= 15 is 0 Å². The lowest BCUT2D eigenvalue weighted by atomic mass is 10.1. The number of aromatic nitrogens is 4. The standard InChI is InChI=1S/C18H17ClFN5O2S/c19-18-23-15(22-11-5-4-8-9(11)2-1-3-10(8)20)13-16(24-18)25(7-21-13)17-14(27)12(26)6-28-17/h1-3,7,11-12,14,17,26-27H,4-6H2,(H,22,23,24)/t11-,12-,14-,17-/m1/s1. The van der Waals surface area contributed by atoms with Gasteiger partial charge in [-0.25, -0.2) is 9.37 Å². The Hall–Kier alpha value is -1.94. The molecule has 0 spiro atoms. The van der Waals surface area contributed by atoms with Crippen LogP contribution in [0.5, 0.6) is 0 Å². The lowest BCUT2D eigenvalue weighted by molar-refractivity contribution is 0.0313. The predicted octanol–water partition coefficient (Wildman–Crippen LogP) is 2.69. The second kappa shape index (κ2) is 6.84. The van der Waals surface area contributed by atoms with Gasteiger partial charge in [0, 0.05) is 5.75 Å². The van der Waals surface area contributed by atoms with Crippen LogP contribution >= 0.6 is 23.4 Å². The molecule has 2 aromatic heterocycles. The molecule has 0 amide bonds. The van der Waals surface area contributed by atoms with Gasteiger partial charge in [-0.1, -0.05) is 12.1 Å². The summed E-state index contributed by atoms with van der Waals surface area (Å²) in [6.07, 6.45) is 1.24. The average molecular weight is 422 g/mol. The lowest BCUT2D eigenvalue weighted by Crippen LogP contribution is -2.27. The number of rotatable bonds is 3. The first kappa shape index (κ1) is 18.1. The van der Waals surface area contributed by atoms with E-state index in [2.05, 4.69) is 20.3 Å². The number of imidazole rings is 1. The third-order valence-corrected chi connectivity index (χ3v) is 6.87. The van der Waals surface area contributed by atoms with Crippen LogP contribution in [0.25, 0.3) is 11.2 Å². The van der Waals surface area contributed by atoms with Crippen LogP contribution in [0, 0.1) is 5.82 Å². The topological polar surface area (TPSA) is 96.1 Å². The SMILES string of the molecule is O[C@@H]1[C@H](O)CS[C@H]1n1cnc2c(N[C@@H]3CCc4c(F)cccc43)nc(Cl)nc21. The third-order valence-electron chi connectivity index (χ3n) is 5.32. The molecule has 0 bridgehead atoms. The first-order valence-corrected chi connectivity index (χ1v) is 10.4. The zero-order valence-electron chi connectivity index (χ0n) is 14.6. The molecule has 0 unspecified atom stereocenters. The average Bonchev–Trinajstić information content (AvgIpc) is 3.35. The van der Waals surface area contributed by atoms with E-state index in [9.17, 15) is 14.6 Å². The number of nitrogens with zero attached hydrogens (tertiary/aromatic N) is 4. The van der Waals surface area contributed by atoms with Crippen molar-refractivity contribution in [1.29, 1.82) is 0 Å². The van der Waals surface area contributed by atoms with Gasteiger partial charge in [-0.15, -0.1) is 11.8 Å². The van der Waals surface area contributed by atoms with Crippen LogP contribution in [0.4, 0.5) is 10.2 Å². The largest absolute Gasteiger partial charge is 0.389 e. The molecular formula is C18H17ClFN5O2S. The fourth-order valence-corrected chi connectivity index (χ4v) is 5.38. The van der Waals surface area contributed by atoms with Gasteiger partial charge in [-0.05, 0) is 41.6 Å². The van der Waals surface area contributed by atoms with Crippen molar-refractivity contribution in [1.82, 2.24) is 19.5 Å². The minimum Gasteiger partial charge on any atom is -0.389 e. The summed E-state index contributed by atoms with van der Waals surface area (Å²) >= 11 is 7.58. The highest BCUT2D eigenvalue weighted by atomic mass is 35.5. The number of benzene rings is 1. The second-order valence-corrected chi connectivity index (χ2v) is 8.48. The summed E-state index contributed by atoms with van der Waals surface area (Å²) in [5.41, 5.74) is 2.63. The number of halogens is 2. The van der Waals surface area contributed by atoms with Crippen molar-refractivity contribution in [2.24, 2.45) is 0 Å². The fourth-order valence-electron chi connectivity index (χ4n) is 3.93. The maximum absolute atomic E-state index is 14.0. The van der Waals surface area contributed by atoms with Crippen molar-refractivity contribution in [3.8, 4) is 0 Å². The maximum Gasteiger partial charge on any atom is 0.226 e. The lowest BCUT2D eigenvalue weighted by Gasteiger charge is -2.18. The van der Waals surface area contributed by atoms with Gasteiger partial charge in [-0.2, -0.15) is 9.97 Å². The molecule has 0 radical (unpaired) electrons. The minimum atomic E-state index is -0.919. The Morgan fingerprint density at radius 1 is 1.29 bits per heavy atom. The van der Waals surface area contributed by atoms with Gasteiger partial charge in [-0.3, -0.25) is 4.57 Å². The Morgan fingerprint density at radius 3 is 2.93 bits per heavy atom. The van der Waals surface area contributed by atoms with Gasteiger partial charge in [0.05, 0.1) is 18.5 Å². The molecule has 0 saturated carbocycles. The molecule has 7 nitrogen and oxygen atoms in total. The maximum atomic E-state index is 14.0. The summed E-state index contributed by atoms with van der Waals surface area (Å²) in [6, 6.07) is 4.99. The van der Waals surface area contributed by atoms with Crippen LogP contribution in [0.3, 0.4) is 0 Å². The number of aliphatic hydroxyl groups excluding tert-OH is 2. The number of nitrogens with one attached hydrogen (secondary N) is 1. The first-order chi connectivity index (χ1) is 13.5. The van der Waals surface area contributed by atoms with E-state index < -0.39 is 17.6 Å². The molecule has 3 N–H and O–H groups in total. The van der Waals surface area contributed by atoms with E-state index in [1.807, 2.05) is 6.07 Å². The van der Waals surface area contributed by atoms with Gasteiger partial charge < -0.3 is 15.5 Å². The van der Waals surface area contributed by atoms with Crippen LogP contribution < -0.4 is 5.32 Å². The summed E-state index contributed by atoms with van der Waals surface area (Å²) in [6.45, 7) is 0. The Labute approximate surface area is 169 Å². The molecule has 1 aliphatic heterocycles. The molecule has 28 heavy (non-hydrogen) atoms. The Morgan fingerprint density at radius 2 is 2.14 bits per heavy atom. The number of thioether (sulfide) groups is 1.